The van der Waals surface area contributed by atoms with Crippen LogP contribution in [-0.4, -0.2) is 22.9 Å². The highest BCUT2D eigenvalue weighted by atomic mass is 19.1. The normalized spacial score (nSPS) is 24.1. The average Bonchev–Trinajstić information content (AvgIpc) is 2.32. The Hall–Kier alpha value is -1.38. The highest BCUT2D eigenvalue weighted by molar-refractivity contribution is 5.94. The van der Waals surface area contributed by atoms with Gasteiger partial charge in [-0.15, -0.1) is 0 Å². The summed E-state index contributed by atoms with van der Waals surface area (Å²) in [6.07, 6.45) is 3.28. The van der Waals surface area contributed by atoms with Gasteiger partial charge in [-0.3, -0.25) is 4.79 Å². The van der Waals surface area contributed by atoms with E-state index in [0.717, 1.165) is 12.8 Å². The van der Waals surface area contributed by atoms with Crippen molar-refractivity contribution in [1.29, 1.82) is 0 Å². The van der Waals surface area contributed by atoms with Crippen LogP contribution in [-0.2, 0) is 0 Å². The van der Waals surface area contributed by atoms with E-state index >= 15 is 0 Å². The molecule has 1 aromatic carbocycles. The molecule has 1 amide bonds. The van der Waals surface area contributed by atoms with Crippen molar-refractivity contribution in [2.24, 2.45) is 0 Å². The first kappa shape index (κ1) is 13.1. The van der Waals surface area contributed by atoms with E-state index in [4.69, 9.17) is 0 Å². The van der Waals surface area contributed by atoms with Gasteiger partial charge >= 0.3 is 0 Å². The molecule has 2 atom stereocenters. The van der Waals surface area contributed by atoms with Crippen LogP contribution in [0.4, 0.5) is 4.39 Å². The largest absolute Gasteiger partial charge is 0.333 e. The molecule has 98 valence electrons. The molecule has 0 unspecified atom stereocenters. The van der Waals surface area contributed by atoms with Crippen LogP contribution in [0.2, 0.25) is 0 Å². The van der Waals surface area contributed by atoms with Crippen molar-refractivity contribution >= 4 is 5.91 Å². The summed E-state index contributed by atoms with van der Waals surface area (Å²) in [5.74, 6) is -0.232. The van der Waals surface area contributed by atoms with Gasteiger partial charge in [-0.1, -0.05) is 0 Å². The molecule has 3 heteroatoms. The number of halogens is 1. The minimum Gasteiger partial charge on any atom is -0.333 e. The van der Waals surface area contributed by atoms with E-state index < -0.39 is 0 Å². The highest BCUT2D eigenvalue weighted by Gasteiger charge is 2.29. The Labute approximate surface area is 108 Å². The van der Waals surface area contributed by atoms with Gasteiger partial charge in [0.25, 0.3) is 5.91 Å². The van der Waals surface area contributed by atoms with E-state index in [-0.39, 0.29) is 23.8 Å². The smallest absolute Gasteiger partial charge is 0.254 e. The minimum atomic E-state index is -0.258. The molecule has 0 spiro atoms. The summed E-state index contributed by atoms with van der Waals surface area (Å²) in [6.45, 7) is 5.86. The van der Waals surface area contributed by atoms with Crippen molar-refractivity contribution in [3.8, 4) is 0 Å². The zero-order chi connectivity index (χ0) is 13.3. The summed E-state index contributed by atoms with van der Waals surface area (Å²) >= 11 is 0. The number of carbonyl (C=O) groups excluding carboxylic acids is 1. The second-order valence-electron chi connectivity index (χ2n) is 5.31. The molecule has 1 aromatic rings. The van der Waals surface area contributed by atoms with Crippen LogP contribution in [0.15, 0.2) is 18.2 Å². The van der Waals surface area contributed by atoms with Crippen LogP contribution in [0.25, 0.3) is 0 Å². The number of carbonyl (C=O) groups is 1. The molecule has 0 saturated carbocycles. The second kappa shape index (κ2) is 5.09. The lowest BCUT2D eigenvalue weighted by atomic mass is 9.96. The zero-order valence-corrected chi connectivity index (χ0v) is 11.2. The molecular weight excluding hydrogens is 229 g/mol. The third-order valence-electron chi connectivity index (χ3n) is 3.83. The lowest BCUT2D eigenvalue weighted by Crippen LogP contribution is -2.47. The maximum atomic E-state index is 13.2. The number of amides is 1. The van der Waals surface area contributed by atoms with Crippen molar-refractivity contribution < 1.29 is 9.18 Å². The van der Waals surface area contributed by atoms with Crippen LogP contribution in [0.1, 0.15) is 49.0 Å². The molecule has 0 bridgehead atoms. The molecule has 1 heterocycles. The molecule has 1 aliphatic heterocycles. The predicted molar refractivity (Wildman–Crippen MR) is 70.1 cm³/mol. The van der Waals surface area contributed by atoms with Gasteiger partial charge in [-0.05, 0) is 63.8 Å². The van der Waals surface area contributed by atoms with Crippen LogP contribution in [0, 0.1) is 12.7 Å². The van der Waals surface area contributed by atoms with Crippen LogP contribution < -0.4 is 0 Å². The fourth-order valence-electron chi connectivity index (χ4n) is 2.75. The first-order valence-electron chi connectivity index (χ1n) is 6.59. The summed E-state index contributed by atoms with van der Waals surface area (Å²) in [5.41, 5.74) is 1.12. The standard InChI is InChI=1S/C15H20FNO/c1-10-9-13(7-8-14(10)16)15(18)17-11(2)5-4-6-12(17)3/h7-9,11-12H,4-6H2,1-3H3/t11-,12+. The lowest BCUT2D eigenvalue weighted by molar-refractivity contribution is 0.0510. The van der Waals surface area contributed by atoms with Gasteiger partial charge in [-0.25, -0.2) is 4.39 Å². The number of aryl methyl sites for hydroxylation is 1. The number of nitrogens with zero attached hydrogens (tertiary/aromatic N) is 1. The molecule has 1 fully saturated rings. The van der Waals surface area contributed by atoms with Gasteiger partial charge in [0, 0.05) is 17.6 Å². The molecule has 0 N–H and O–H groups in total. The number of benzene rings is 1. The molecule has 1 saturated heterocycles. The Balaban J connectivity index is 2.26. The van der Waals surface area contributed by atoms with Gasteiger partial charge < -0.3 is 4.90 Å². The number of hydrogen-bond acceptors (Lipinski definition) is 1. The van der Waals surface area contributed by atoms with E-state index in [1.54, 1.807) is 19.1 Å². The van der Waals surface area contributed by atoms with Gasteiger partial charge in [0.15, 0.2) is 0 Å². The van der Waals surface area contributed by atoms with E-state index in [0.29, 0.717) is 11.1 Å². The van der Waals surface area contributed by atoms with E-state index in [1.165, 1.54) is 12.5 Å². The fourth-order valence-corrected chi connectivity index (χ4v) is 2.75. The predicted octanol–water partition coefficient (Wildman–Crippen LogP) is 3.54. The summed E-state index contributed by atoms with van der Waals surface area (Å²) in [7, 11) is 0. The summed E-state index contributed by atoms with van der Waals surface area (Å²) < 4.78 is 13.2. The summed E-state index contributed by atoms with van der Waals surface area (Å²) in [5, 5.41) is 0. The van der Waals surface area contributed by atoms with Crippen molar-refractivity contribution in [2.75, 3.05) is 0 Å². The molecule has 0 radical (unpaired) electrons. The third-order valence-corrected chi connectivity index (χ3v) is 3.83. The maximum absolute atomic E-state index is 13.2. The SMILES string of the molecule is Cc1cc(C(=O)N2[C@H](C)CCC[C@@H]2C)ccc1F. The minimum absolute atomic E-state index is 0.0257. The van der Waals surface area contributed by atoms with Crippen LogP contribution >= 0.6 is 0 Å². The fraction of sp³-hybridized carbons (Fsp3) is 0.533. The Morgan fingerprint density at radius 1 is 1.28 bits per heavy atom. The van der Waals surface area contributed by atoms with Gasteiger partial charge in [-0.2, -0.15) is 0 Å². The Morgan fingerprint density at radius 2 is 1.89 bits per heavy atom. The van der Waals surface area contributed by atoms with Gasteiger partial charge in [0.05, 0.1) is 0 Å². The lowest BCUT2D eigenvalue weighted by Gasteiger charge is -2.39. The number of rotatable bonds is 1. The average molecular weight is 249 g/mol. The summed E-state index contributed by atoms with van der Waals surface area (Å²) in [6, 6.07) is 5.14. The Kier molecular flexibility index (Phi) is 3.69. The van der Waals surface area contributed by atoms with E-state index in [1.807, 2.05) is 4.90 Å². The molecule has 0 aliphatic carbocycles. The van der Waals surface area contributed by atoms with Crippen molar-refractivity contribution in [3.05, 3.63) is 35.1 Å². The molecule has 18 heavy (non-hydrogen) atoms. The maximum Gasteiger partial charge on any atom is 0.254 e. The first-order valence-corrected chi connectivity index (χ1v) is 6.59. The monoisotopic (exact) mass is 249 g/mol. The number of hydrogen-bond donors (Lipinski definition) is 0. The van der Waals surface area contributed by atoms with Crippen molar-refractivity contribution in [3.63, 3.8) is 0 Å². The van der Waals surface area contributed by atoms with Crippen LogP contribution in [0.3, 0.4) is 0 Å². The molecule has 2 rings (SSSR count). The summed E-state index contributed by atoms with van der Waals surface area (Å²) in [4.78, 5) is 14.4. The third kappa shape index (κ3) is 2.40. The number of piperidine rings is 1. The Bertz CT molecular complexity index is 448. The second-order valence-corrected chi connectivity index (χ2v) is 5.31. The zero-order valence-electron chi connectivity index (χ0n) is 11.2. The van der Waals surface area contributed by atoms with Crippen molar-refractivity contribution in [1.82, 2.24) is 4.90 Å². The van der Waals surface area contributed by atoms with Crippen molar-refractivity contribution in [2.45, 2.75) is 52.1 Å². The number of likely N-dealkylation sites (tertiary alicyclic amines) is 1. The molecule has 1 aliphatic rings. The Morgan fingerprint density at radius 3 is 2.44 bits per heavy atom. The molecule has 2 nitrogen and oxygen atoms in total. The van der Waals surface area contributed by atoms with E-state index in [2.05, 4.69) is 13.8 Å². The van der Waals surface area contributed by atoms with Crippen LogP contribution in [0.5, 0.6) is 0 Å². The molecular formula is C15H20FNO. The highest BCUT2D eigenvalue weighted by Crippen LogP contribution is 2.25. The van der Waals surface area contributed by atoms with Gasteiger partial charge in [0.2, 0.25) is 0 Å². The first-order chi connectivity index (χ1) is 8.50. The quantitative estimate of drug-likeness (QED) is 0.745. The topological polar surface area (TPSA) is 20.3 Å². The molecule has 0 aromatic heterocycles. The van der Waals surface area contributed by atoms with Gasteiger partial charge in [0.1, 0.15) is 5.82 Å². The van der Waals surface area contributed by atoms with E-state index in [9.17, 15) is 9.18 Å².